The zero-order valence-electron chi connectivity index (χ0n) is 18.2. The lowest BCUT2D eigenvalue weighted by Crippen LogP contribution is -2.12. The molecule has 0 radical (unpaired) electrons. The minimum absolute atomic E-state index is 0.0966. The first kappa shape index (κ1) is 22.3. The lowest BCUT2D eigenvalue weighted by molar-refractivity contribution is 0.102. The number of phenolic OH excluding ortho intramolecular Hbond substituents is 1. The van der Waals surface area contributed by atoms with Crippen molar-refractivity contribution in [2.45, 2.75) is 13.8 Å². The van der Waals surface area contributed by atoms with Crippen LogP contribution >= 0.6 is 11.6 Å². The number of amides is 1. The molecule has 0 fully saturated rings. The molecule has 166 valence electrons. The van der Waals surface area contributed by atoms with Crippen LogP contribution in [0.15, 0.2) is 83.0 Å². The molecular weight excluding hydrogens is 438 g/mol. The number of phenols is 1. The summed E-state index contributed by atoms with van der Waals surface area (Å²) in [7, 11) is 0. The van der Waals surface area contributed by atoms with Crippen LogP contribution in [0.25, 0.3) is 10.8 Å². The first-order valence-corrected chi connectivity index (χ1v) is 10.8. The topological polar surface area (TPSA) is 83.3 Å². The number of aromatic hydroxyl groups is 1. The number of rotatable bonds is 6. The van der Waals surface area contributed by atoms with Crippen LogP contribution in [0.2, 0.25) is 5.02 Å². The molecule has 0 bridgehead atoms. The van der Waals surface area contributed by atoms with E-state index in [9.17, 15) is 9.90 Å². The number of benzene rings is 4. The van der Waals surface area contributed by atoms with Crippen LogP contribution in [0.1, 0.15) is 22.8 Å². The van der Waals surface area contributed by atoms with E-state index >= 15 is 0 Å². The van der Waals surface area contributed by atoms with Crippen molar-refractivity contribution in [3.63, 3.8) is 0 Å². The molecular formula is C26H22ClN3O3. The van der Waals surface area contributed by atoms with Crippen molar-refractivity contribution in [2.24, 2.45) is 10.2 Å². The molecule has 0 aliphatic rings. The predicted octanol–water partition coefficient (Wildman–Crippen LogP) is 7.57. The fourth-order valence-corrected chi connectivity index (χ4v) is 3.55. The van der Waals surface area contributed by atoms with Crippen molar-refractivity contribution in [1.29, 1.82) is 0 Å². The van der Waals surface area contributed by atoms with Gasteiger partial charge in [0.25, 0.3) is 5.91 Å². The van der Waals surface area contributed by atoms with Gasteiger partial charge in [0.1, 0.15) is 11.4 Å². The van der Waals surface area contributed by atoms with Crippen LogP contribution in [0, 0.1) is 6.92 Å². The van der Waals surface area contributed by atoms with Crippen molar-refractivity contribution in [2.75, 3.05) is 11.9 Å². The zero-order chi connectivity index (χ0) is 23.4. The van der Waals surface area contributed by atoms with Crippen molar-refractivity contribution in [3.05, 3.63) is 88.9 Å². The summed E-state index contributed by atoms with van der Waals surface area (Å²) in [4.78, 5) is 13.0. The summed E-state index contributed by atoms with van der Waals surface area (Å²) in [6.07, 6.45) is 0. The minimum atomic E-state index is -0.460. The largest absolute Gasteiger partial charge is 0.505 e. The third kappa shape index (κ3) is 4.96. The number of aryl methyl sites for hydroxylation is 1. The maximum atomic E-state index is 13.0. The van der Waals surface area contributed by atoms with Crippen molar-refractivity contribution < 1.29 is 14.6 Å². The number of hydrogen-bond donors (Lipinski definition) is 2. The fraction of sp³-hybridized carbons (Fsp3) is 0.115. The smallest absolute Gasteiger partial charge is 0.259 e. The Bertz CT molecular complexity index is 1350. The Kier molecular flexibility index (Phi) is 6.56. The monoisotopic (exact) mass is 459 g/mol. The summed E-state index contributed by atoms with van der Waals surface area (Å²) >= 11 is 6.08. The van der Waals surface area contributed by atoms with E-state index in [1.165, 1.54) is 0 Å². The molecule has 0 saturated carbocycles. The second-order valence-corrected chi connectivity index (χ2v) is 7.82. The van der Waals surface area contributed by atoms with Crippen molar-refractivity contribution >= 4 is 45.3 Å². The number of azo groups is 1. The van der Waals surface area contributed by atoms with Crippen LogP contribution < -0.4 is 10.1 Å². The summed E-state index contributed by atoms with van der Waals surface area (Å²) < 4.78 is 5.43. The maximum Gasteiger partial charge on any atom is 0.259 e. The molecule has 0 saturated heterocycles. The number of nitrogens with zero attached hydrogens (tertiary/aromatic N) is 2. The Hall–Kier alpha value is -3.90. The van der Waals surface area contributed by atoms with Crippen molar-refractivity contribution in [3.8, 4) is 11.5 Å². The molecule has 2 N–H and O–H groups in total. The molecule has 1 amide bonds. The van der Waals surface area contributed by atoms with Gasteiger partial charge >= 0.3 is 0 Å². The number of halogens is 1. The SMILES string of the molecule is CCOc1ccc(NC(=O)c2cc3ccccc3c(N=Nc3cc(Cl)ccc3C)c2O)cc1. The molecule has 0 atom stereocenters. The molecule has 0 aromatic heterocycles. The van der Waals surface area contributed by atoms with Gasteiger partial charge in [-0.1, -0.05) is 41.9 Å². The number of ether oxygens (including phenoxy) is 1. The van der Waals surface area contributed by atoms with Gasteiger partial charge in [-0.25, -0.2) is 0 Å². The summed E-state index contributed by atoms with van der Waals surface area (Å²) in [6.45, 7) is 4.35. The van der Waals surface area contributed by atoms with E-state index in [2.05, 4.69) is 15.5 Å². The highest BCUT2D eigenvalue weighted by atomic mass is 35.5. The predicted molar refractivity (Wildman–Crippen MR) is 132 cm³/mol. The molecule has 4 rings (SSSR count). The summed E-state index contributed by atoms with van der Waals surface area (Å²) in [5, 5.41) is 24.4. The Morgan fingerprint density at radius 2 is 1.79 bits per heavy atom. The average molecular weight is 460 g/mol. The van der Waals surface area contributed by atoms with Crippen LogP contribution in [0.4, 0.5) is 17.1 Å². The molecule has 33 heavy (non-hydrogen) atoms. The van der Waals surface area contributed by atoms with E-state index in [0.717, 1.165) is 10.9 Å². The normalized spacial score (nSPS) is 11.1. The number of carbonyl (C=O) groups is 1. The number of carbonyl (C=O) groups excluding carboxylic acids is 1. The lowest BCUT2D eigenvalue weighted by Gasteiger charge is -2.12. The van der Waals surface area contributed by atoms with Gasteiger partial charge in [-0.05, 0) is 67.3 Å². The van der Waals surface area contributed by atoms with E-state index in [4.69, 9.17) is 16.3 Å². The highest BCUT2D eigenvalue weighted by Gasteiger charge is 2.18. The highest BCUT2D eigenvalue weighted by Crippen LogP contribution is 2.40. The molecule has 4 aromatic carbocycles. The van der Waals surface area contributed by atoms with Gasteiger partial charge in [0.2, 0.25) is 0 Å². The Balaban J connectivity index is 1.72. The maximum absolute atomic E-state index is 13.0. The number of fused-ring (bicyclic) bond motifs is 1. The third-order valence-electron chi connectivity index (χ3n) is 5.09. The highest BCUT2D eigenvalue weighted by molar-refractivity contribution is 6.30. The number of nitrogens with one attached hydrogen (secondary N) is 1. The van der Waals surface area contributed by atoms with Crippen LogP contribution in [0.3, 0.4) is 0 Å². The quantitative estimate of drug-likeness (QED) is 0.291. The van der Waals surface area contributed by atoms with Gasteiger partial charge in [-0.3, -0.25) is 4.79 Å². The van der Waals surface area contributed by atoms with Crippen LogP contribution in [0.5, 0.6) is 11.5 Å². The summed E-state index contributed by atoms with van der Waals surface area (Å²) in [5.74, 6) is 0.00132. The summed E-state index contributed by atoms with van der Waals surface area (Å²) in [5.41, 5.74) is 2.35. The average Bonchev–Trinajstić information content (AvgIpc) is 2.81. The molecule has 6 nitrogen and oxygen atoms in total. The first-order chi connectivity index (χ1) is 16.0. The standard InChI is InChI=1S/C26H22ClN3O3/c1-3-33-20-12-10-19(11-13-20)28-26(32)22-14-17-6-4-5-7-21(17)24(25(22)31)30-29-23-15-18(27)9-8-16(23)2/h4-15,31H,3H2,1-2H3,(H,28,32). The van der Waals surface area contributed by atoms with Gasteiger partial charge in [-0.2, -0.15) is 5.11 Å². The summed E-state index contributed by atoms with van der Waals surface area (Å²) in [6, 6.07) is 21.3. The minimum Gasteiger partial charge on any atom is -0.505 e. The Labute approximate surface area is 196 Å². The Morgan fingerprint density at radius 1 is 1.03 bits per heavy atom. The van der Waals surface area contributed by atoms with Crippen molar-refractivity contribution in [1.82, 2.24) is 0 Å². The van der Waals surface area contributed by atoms with Gasteiger partial charge < -0.3 is 15.2 Å². The van der Waals surface area contributed by atoms with E-state index in [1.54, 1.807) is 42.5 Å². The molecule has 0 spiro atoms. The van der Waals surface area contributed by atoms with E-state index in [1.807, 2.05) is 44.2 Å². The number of hydrogen-bond acceptors (Lipinski definition) is 5. The first-order valence-electron chi connectivity index (χ1n) is 10.4. The molecule has 0 heterocycles. The second kappa shape index (κ2) is 9.71. The second-order valence-electron chi connectivity index (χ2n) is 7.38. The molecule has 7 heteroatoms. The lowest BCUT2D eigenvalue weighted by atomic mass is 10.0. The third-order valence-corrected chi connectivity index (χ3v) is 5.33. The van der Waals surface area contributed by atoms with E-state index in [0.29, 0.717) is 34.1 Å². The Morgan fingerprint density at radius 3 is 2.55 bits per heavy atom. The van der Waals surface area contributed by atoms with Gasteiger partial charge in [-0.15, -0.1) is 5.11 Å². The molecule has 0 unspecified atom stereocenters. The zero-order valence-corrected chi connectivity index (χ0v) is 18.9. The van der Waals surface area contributed by atoms with E-state index in [-0.39, 0.29) is 17.0 Å². The molecule has 0 aliphatic heterocycles. The molecule has 4 aromatic rings. The number of anilines is 1. The van der Waals surface area contributed by atoms with E-state index < -0.39 is 5.91 Å². The van der Waals surface area contributed by atoms with Crippen LogP contribution in [-0.2, 0) is 0 Å². The fourth-order valence-electron chi connectivity index (χ4n) is 3.39. The van der Waals surface area contributed by atoms with Gasteiger partial charge in [0.15, 0.2) is 5.75 Å². The van der Waals surface area contributed by atoms with Crippen LogP contribution in [-0.4, -0.2) is 17.6 Å². The van der Waals surface area contributed by atoms with Gasteiger partial charge in [0, 0.05) is 16.1 Å². The molecule has 0 aliphatic carbocycles. The van der Waals surface area contributed by atoms with Gasteiger partial charge in [0.05, 0.1) is 17.9 Å².